The topological polar surface area (TPSA) is 69.4 Å². The lowest BCUT2D eigenvalue weighted by Crippen LogP contribution is -2.66. The van der Waals surface area contributed by atoms with Crippen molar-refractivity contribution in [3.8, 4) is 0 Å². The van der Waals surface area contributed by atoms with E-state index in [4.69, 9.17) is 0 Å². The molecule has 2 bridgehead atoms. The minimum absolute atomic E-state index is 0.0152. The predicted molar refractivity (Wildman–Crippen MR) is 51.5 cm³/mol. The average Bonchev–Trinajstić information content (AvgIpc) is 2.07. The lowest BCUT2D eigenvalue weighted by molar-refractivity contribution is -0.780. The van der Waals surface area contributed by atoms with Crippen molar-refractivity contribution in [3.63, 3.8) is 0 Å². The van der Waals surface area contributed by atoms with E-state index in [0.29, 0.717) is 12.3 Å². The zero-order valence-corrected chi connectivity index (χ0v) is 9.15. The third kappa shape index (κ3) is 1.18. The molecule has 3 aliphatic rings. The van der Waals surface area contributed by atoms with Crippen LogP contribution in [0.25, 0.3) is 0 Å². The highest BCUT2D eigenvalue weighted by Gasteiger charge is 2.65. The highest BCUT2D eigenvalue weighted by atomic mass is 17.0. The maximum atomic E-state index is 11.8. The molecule has 84 valence electrons. The second kappa shape index (κ2) is 2.71. The first-order chi connectivity index (χ1) is 6.78. The Bertz CT molecular complexity index is 338. The van der Waals surface area contributed by atoms with Crippen molar-refractivity contribution in [2.75, 3.05) is 0 Å². The number of carbonyl (C=O) groups excluding carboxylic acids is 1. The molecule has 0 saturated heterocycles. The van der Waals surface area contributed by atoms with Gasteiger partial charge in [-0.3, -0.25) is 9.63 Å². The maximum absolute atomic E-state index is 11.8. The Kier molecular flexibility index (Phi) is 1.88. The summed E-state index contributed by atoms with van der Waals surface area (Å²) in [5.41, 5.74) is -1.24. The summed E-state index contributed by atoms with van der Waals surface area (Å²) >= 11 is 0. The minimum Gasteiger partial charge on any atom is -0.299 e. The third-order valence-electron chi connectivity index (χ3n) is 4.39. The maximum Gasteiger partial charge on any atom is 0.295 e. The van der Waals surface area contributed by atoms with Gasteiger partial charge in [-0.15, -0.1) is 10.1 Å². The van der Waals surface area contributed by atoms with Gasteiger partial charge in [0, 0.05) is 12.3 Å². The second-order valence-electron chi connectivity index (χ2n) is 5.36. The first-order valence-electron chi connectivity index (χ1n) is 5.15. The van der Waals surface area contributed by atoms with E-state index in [1.54, 1.807) is 6.92 Å². The van der Waals surface area contributed by atoms with Crippen LogP contribution in [-0.4, -0.2) is 16.5 Å². The normalized spacial score (nSPS) is 41.9. The molecule has 0 N–H and O–H groups in total. The molecule has 3 aliphatic carbocycles. The molecule has 3 rings (SSSR count). The van der Waals surface area contributed by atoms with Crippen LogP contribution < -0.4 is 0 Å². The van der Waals surface area contributed by atoms with Gasteiger partial charge in [-0.05, 0) is 24.7 Å². The predicted octanol–water partition coefficient (Wildman–Crippen LogP) is 1.59. The van der Waals surface area contributed by atoms with Gasteiger partial charge < -0.3 is 0 Å². The molecule has 5 nitrogen and oxygen atoms in total. The van der Waals surface area contributed by atoms with Crippen LogP contribution in [0.2, 0.25) is 0 Å². The SMILES string of the molecule is CC1(C)[C@@H]2CC(=O)[C@@](C)(O[N+](=O)[O-])[C@H]1C2. The highest BCUT2D eigenvalue weighted by Crippen LogP contribution is 2.62. The molecule has 0 aromatic rings. The lowest BCUT2D eigenvalue weighted by atomic mass is 9.44. The van der Waals surface area contributed by atoms with Crippen LogP contribution in [0.15, 0.2) is 0 Å². The first-order valence-corrected chi connectivity index (χ1v) is 5.15. The van der Waals surface area contributed by atoms with Crippen molar-refractivity contribution in [1.29, 1.82) is 0 Å². The Hall–Kier alpha value is -1.13. The number of rotatable bonds is 2. The van der Waals surface area contributed by atoms with Gasteiger partial charge in [0.1, 0.15) is 0 Å². The van der Waals surface area contributed by atoms with Crippen LogP contribution in [0.1, 0.15) is 33.6 Å². The standard InChI is InChI=1S/C10H15NO4/c1-9(2)6-4-7(9)10(3,8(12)5-6)15-11(13)14/h6-7H,4-5H2,1-3H3/t6-,7-,10-/m0/s1. The van der Waals surface area contributed by atoms with E-state index in [1.807, 2.05) is 0 Å². The molecule has 3 atom stereocenters. The number of nitrogens with zero attached hydrogens (tertiary/aromatic N) is 1. The molecule has 3 saturated carbocycles. The van der Waals surface area contributed by atoms with Crippen molar-refractivity contribution in [2.45, 2.75) is 39.2 Å². The largest absolute Gasteiger partial charge is 0.299 e. The minimum atomic E-state index is -1.22. The van der Waals surface area contributed by atoms with E-state index in [-0.39, 0.29) is 17.1 Å². The van der Waals surface area contributed by atoms with Gasteiger partial charge in [-0.2, -0.15) is 0 Å². The number of Topliss-reactive ketones (excluding diaryl/α,β-unsaturated/α-hetero) is 1. The first kappa shape index (κ1) is 10.4. The van der Waals surface area contributed by atoms with Crippen molar-refractivity contribution in [2.24, 2.45) is 17.3 Å². The molecule has 0 unspecified atom stereocenters. The fraction of sp³-hybridized carbons (Fsp3) is 0.900. The summed E-state index contributed by atoms with van der Waals surface area (Å²) in [6.07, 6.45) is 1.27. The molecule has 5 heteroatoms. The van der Waals surface area contributed by atoms with Gasteiger partial charge in [0.05, 0.1) is 0 Å². The molecule has 0 radical (unpaired) electrons. The van der Waals surface area contributed by atoms with Crippen molar-refractivity contribution >= 4 is 5.78 Å². The average molecular weight is 213 g/mol. The van der Waals surface area contributed by atoms with Crippen LogP contribution in [0.5, 0.6) is 0 Å². The summed E-state index contributed by atoms with van der Waals surface area (Å²) in [5.74, 6) is 0.222. The van der Waals surface area contributed by atoms with Crippen LogP contribution in [-0.2, 0) is 9.63 Å². The van der Waals surface area contributed by atoms with Gasteiger partial charge in [-0.1, -0.05) is 13.8 Å². The number of hydrogen-bond acceptors (Lipinski definition) is 4. The summed E-state index contributed by atoms with van der Waals surface area (Å²) in [4.78, 5) is 26.8. The Morgan fingerprint density at radius 1 is 1.47 bits per heavy atom. The smallest absolute Gasteiger partial charge is 0.295 e. The highest BCUT2D eigenvalue weighted by molar-refractivity contribution is 5.89. The second-order valence-corrected chi connectivity index (χ2v) is 5.36. The summed E-state index contributed by atoms with van der Waals surface area (Å²) in [7, 11) is 0. The third-order valence-corrected chi connectivity index (χ3v) is 4.39. The summed E-state index contributed by atoms with van der Waals surface area (Å²) < 4.78 is 0. The summed E-state index contributed by atoms with van der Waals surface area (Å²) in [5, 5.41) is 9.58. The number of fused-ring (bicyclic) bond motifs is 2. The zero-order valence-electron chi connectivity index (χ0n) is 9.15. The van der Waals surface area contributed by atoms with Crippen molar-refractivity contribution in [3.05, 3.63) is 10.1 Å². The molecule has 0 amide bonds. The Morgan fingerprint density at radius 3 is 2.53 bits per heavy atom. The summed E-state index contributed by atoms with van der Waals surface area (Å²) in [6.45, 7) is 5.67. The number of hydrogen-bond donors (Lipinski definition) is 0. The fourth-order valence-electron chi connectivity index (χ4n) is 3.19. The van der Waals surface area contributed by atoms with Gasteiger partial charge in [0.25, 0.3) is 5.09 Å². The fourth-order valence-corrected chi connectivity index (χ4v) is 3.19. The van der Waals surface area contributed by atoms with Crippen molar-refractivity contribution in [1.82, 2.24) is 0 Å². The van der Waals surface area contributed by atoms with E-state index >= 15 is 0 Å². The van der Waals surface area contributed by atoms with Crippen molar-refractivity contribution < 1.29 is 14.7 Å². The molecular weight excluding hydrogens is 198 g/mol. The molecular formula is C10H15NO4. The Balaban J connectivity index is 2.29. The van der Waals surface area contributed by atoms with Crippen LogP contribution >= 0.6 is 0 Å². The van der Waals surface area contributed by atoms with E-state index in [1.165, 1.54) is 0 Å². The van der Waals surface area contributed by atoms with Crippen LogP contribution in [0.3, 0.4) is 0 Å². The zero-order chi connectivity index (χ0) is 11.4. The molecule has 0 spiro atoms. The van der Waals surface area contributed by atoms with Gasteiger partial charge in [0.2, 0.25) is 0 Å². The molecule has 15 heavy (non-hydrogen) atoms. The molecule has 3 fully saturated rings. The Morgan fingerprint density at radius 2 is 2.07 bits per heavy atom. The van der Waals surface area contributed by atoms with E-state index in [0.717, 1.165) is 6.42 Å². The van der Waals surface area contributed by atoms with Crippen LogP contribution in [0.4, 0.5) is 0 Å². The molecule has 0 aromatic heterocycles. The lowest BCUT2D eigenvalue weighted by Gasteiger charge is -2.61. The monoisotopic (exact) mass is 213 g/mol. The van der Waals surface area contributed by atoms with Gasteiger partial charge >= 0.3 is 0 Å². The van der Waals surface area contributed by atoms with E-state index in [9.17, 15) is 14.9 Å². The number of carbonyl (C=O) groups is 1. The summed E-state index contributed by atoms with van der Waals surface area (Å²) in [6, 6.07) is 0. The Labute approximate surface area is 87.9 Å². The molecule has 0 aliphatic heterocycles. The van der Waals surface area contributed by atoms with Crippen LogP contribution in [0, 0.1) is 27.4 Å². The number of ketones is 1. The van der Waals surface area contributed by atoms with E-state index < -0.39 is 10.7 Å². The quantitative estimate of drug-likeness (QED) is 0.516. The van der Waals surface area contributed by atoms with Gasteiger partial charge in [-0.25, -0.2) is 0 Å². The van der Waals surface area contributed by atoms with E-state index in [2.05, 4.69) is 18.7 Å². The van der Waals surface area contributed by atoms with Gasteiger partial charge in [0.15, 0.2) is 11.4 Å². The molecule has 0 heterocycles. The molecule has 0 aromatic carbocycles.